The Bertz CT molecular complexity index is 1560. The van der Waals surface area contributed by atoms with E-state index in [4.69, 9.17) is 14.2 Å². The predicted molar refractivity (Wildman–Crippen MR) is 334 cm³/mol. The zero-order chi connectivity index (χ0) is 55.7. The quantitative estimate of drug-likeness (QED) is 0.0261. The molecule has 0 bridgehead atoms. The van der Waals surface area contributed by atoms with E-state index in [0.29, 0.717) is 19.3 Å². The maximum absolute atomic E-state index is 12.9. The number of esters is 3. The Hall–Kier alpha value is -3.93. The summed E-state index contributed by atoms with van der Waals surface area (Å²) in [6.45, 7) is 6.49. The number of hydrogen-bond acceptors (Lipinski definition) is 6. The number of ether oxygens (including phenoxy) is 3. The molecule has 77 heavy (non-hydrogen) atoms. The first-order chi connectivity index (χ1) is 38.0. The van der Waals surface area contributed by atoms with Crippen LogP contribution in [0.25, 0.3) is 0 Å². The normalized spacial score (nSPS) is 12.8. The highest BCUT2D eigenvalue weighted by Gasteiger charge is 2.19. The van der Waals surface area contributed by atoms with Crippen LogP contribution in [0.15, 0.2) is 109 Å². The first kappa shape index (κ1) is 73.1. The zero-order valence-electron chi connectivity index (χ0n) is 50.4. The summed E-state index contributed by atoms with van der Waals surface area (Å²) in [5, 5.41) is 0. The largest absolute Gasteiger partial charge is 0.462 e. The van der Waals surface area contributed by atoms with E-state index in [9.17, 15) is 14.4 Å². The average Bonchev–Trinajstić information content (AvgIpc) is 3.43. The van der Waals surface area contributed by atoms with E-state index < -0.39 is 6.10 Å². The molecule has 1 unspecified atom stereocenters. The van der Waals surface area contributed by atoms with Gasteiger partial charge in [-0.15, -0.1) is 0 Å². The Morgan fingerprint density at radius 1 is 0.273 bits per heavy atom. The van der Waals surface area contributed by atoms with Crippen LogP contribution in [0.3, 0.4) is 0 Å². The maximum Gasteiger partial charge on any atom is 0.306 e. The van der Waals surface area contributed by atoms with E-state index in [-0.39, 0.29) is 31.1 Å². The van der Waals surface area contributed by atoms with Crippen LogP contribution < -0.4 is 0 Å². The molecule has 440 valence electrons. The lowest BCUT2D eigenvalue weighted by Gasteiger charge is -2.18. The fraction of sp³-hybridized carbons (Fsp3) is 0.704. The Balaban J connectivity index is 4.40. The number of unbranched alkanes of at least 4 members (excludes halogenated alkanes) is 29. The second-order valence-corrected chi connectivity index (χ2v) is 21.3. The van der Waals surface area contributed by atoms with Gasteiger partial charge in [-0.05, 0) is 128 Å². The average molecular weight is 1070 g/mol. The fourth-order valence-corrected chi connectivity index (χ4v) is 8.88. The minimum absolute atomic E-state index is 0.0918. The molecular weight excluding hydrogens is 949 g/mol. The molecule has 0 saturated carbocycles. The van der Waals surface area contributed by atoms with Gasteiger partial charge in [0.05, 0.1) is 0 Å². The van der Waals surface area contributed by atoms with Crippen LogP contribution >= 0.6 is 0 Å². The van der Waals surface area contributed by atoms with E-state index >= 15 is 0 Å². The zero-order valence-corrected chi connectivity index (χ0v) is 50.4. The van der Waals surface area contributed by atoms with Gasteiger partial charge in [0.2, 0.25) is 0 Å². The van der Waals surface area contributed by atoms with E-state index in [1.165, 1.54) is 141 Å². The van der Waals surface area contributed by atoms with Crippen molar-refractivity contribution in [2.45, 2.75) is 309 Å². The molecule has 0 aromatic carbocycles. The van der Waals surface area contributed by atoms with Gasteiger partial charge < -0.3 is 14.2 Å². The van der Waals surface area contributed by atoms with Crippen molar-refractivity contribution in [3.63, 3.8) is 0 Å². The van der Waals surface area contributed by atoms with E-state index in [0.717, 1.165) is 122 Å². The SMILES string of the molecule is CC/C=C\C/C=C\C/C=C\C/C=C\C/C=C\C/C=C\CCCCCCC(=O)OCC(COC(=O)CCCCCCC/C=C\CCCCCC)OC(=O)CCCCCCCCCCCCC/C=C\C/C=C\CCCCCCC. The van der Waals surface area contributed by atoms with Gasteiger partial charge in [-0.2, -0.15) is 0 Å². The Labute approximate surface area is 476 Å². The molecule has 0 aromatic rings. The molecule has 0 fully saturated rings. The smallest absolute Gasteiger partial charge is 0.306 e. The third kappa shape index (κ3) is 62.8. The molecular formula is C71H120O6. The lowest BCUT2D eigenvalue weighted by molar-refractivity contribution is -0.167. The van der Waals surface area contributed by atoms with Crippen LogP contribution in [0.4, 0.5) is 0 Å². The monoisotopic (exact) mass is 1070 g/mol. The van der Waals surface area contributed by atoms with Crippen molar-refractivity contribution in [1.29, 1.82) is 0 Å². The van der Waals surface area contributed by atoms with Crippen LogP contribution in [-0.4, -0.2) is 37.2 Å². The molecule has 0 aromatic heterocycles. The van der Waals surface area contributed by atoms with Crippen molar-refractivity contribution in [2.24, 2.45) is 0 Å². The molecule has 0 aliphatic heterocycles. The van der Waals surface area contributed by atoms with E-state index in [1.54, 1.807) is 0 Å². The summed E-state index contributed by atoms with van der Waals surface area (Å²) in [4.78, 5) is 38.3. The van der Waals surface area contributed by atoms with Crippen LogP contribution in [-0.2, 0) is 28.6 Å². The van der Waals surface area contributed by atoms with Crippen LogP contribution in [0.5, 0.6) is 0 Å². The number of hydrogen-bond donors (Lipinski definition) is 0. The van der Waals surface area contributed by atoms with Crippen molar-refractivity contribution in [2.75, 3.05) is 13.2 Å². The molecule has 6 nitrogen and oxygen atoms in total. The second-order valence-electron chi connectivity index (χ2n) is 21.3. The third-order valence-corrected chi connectivity index (χ3v) is 13.7. The van der Waals surface area contributed by atoms with Gasteiger partial charge in [-0.25, -0.2) is 0 Å². The highest BCUT2D eigenvalue weighted by atomic mass is 16.6. The van der Waals surface area contributed by atoms with E-state index in [1.807, 2.05) is 0 Å². The summed E-state index contributed by atoms with van der Waals surface area (Å²) in [5.74, 6) is -0.920. The topological polar surface area (TPSA) is 78.9 Å². The van der Waals surface area contributed by atoms with Crippen LogP contribution in [0.1, 0.15) is 303 Å². The third-order valence-electron chi connectivity index (χ3n) is 13.7. The van der Waals surface area contributed by atoms with Crippen molar-refractivity contribution in [3.8, 4) is 0 Å². The van der Waals surface area contributed by atoms with Gasteiger partial charge in [0.25, 0.3) is 0 Å². The van der Waals surface area contributed by atoms with Gasteiger partial charge in [0, 0.05) is 19.3 Å². The molecule has 0 spiro atoms. The summed E-state index contributed by atoms with van der Waals surface area (Å²) in [5.41, 5.74) is 0. The molecule has 1 atom stereocenters. The molecule has 0 aliphatic rings. The molecule has 0 saturated heterocycles. The lowest BCUT2D eigenvalue weighted by atomic mass is 10.0. The van der Waals surface area contributed by atoms with Crippen molar-refractivity contribution in [1.82, 2.24) is 0 Å². The highest BCUT2D eigenvalue weighted by molar-refractivity contribution is 5.71. The Kier molecular flexibility index (Phi) is 61.3. The predicted octanol–water partition coefficient (Wildman–Crippen LogP) is 22.2. The standard InChI is InChI=1S/C71H120O6/c1-4-7-10-13-16-19-22-25-27-29-31-33-35-37-39-41-43-46-49-52-55-58-61-64-70(73)76-67-68(66-75-69(72)63-60-57-54-51-48-45-24-21-18-15-12-9-6-3)77-71(74)65-62-59-56-53-50-47-44-42-40-38-36-34-32-30-28-26-23-20-17-14-11-8-5-2/h7,10,16,19,21,23-27,30-33,37,39,43,46,68H,4-6,8-9,11-15,17-18,20,22,28-29,34-36,38,40-42,44-45,47-67H2,1-3H3/b10-7-,19-16-,24-21-,26-23-,27-25-,32-30-,33-31-,39-37-,46-43-. The fourth-order valence-electron chi connectivity index (χ4n) is 8.88. The van der Waals surface area contributed by atoms with Gasteiger partial charge in [-0.3, -0.25) is 14.4 Å². The van der Waals surface area contributed by atoms with Gasteiger partial charge >= 0.3 is 17.9 Å². The number of carbonyl (C=O) groups is 3. The number of allylic oxidation sites excluding steroid dienone is 18. The molecule has 6 heteroatoms. The van der Waals surface area contributed by atoms with Crippen molar-refractivity contribution >= 4 is 17.9 Å². The van der Waals surface area contributed by atoms with Crippen molar-refractivity contribution in [3.05, 3.63) is 109 Å². The van der Waals surface area contributed by atoms with Gasteiger partial charge in [0.1, 0.15) is 13.2 Å². The van der Waals surface area contributed by atoms with Crippen LogP contribution in [0.2, 0.25) is 0 Å². The summed E-state index contributed by atoms with van der Waals surface area (Å²) < 4.78 is 16.9. The van der Waals surface area contributed by atoms with Gasteiger partial charge in [0.15, 0.2) is 6.10 Å². The second kappa shape index (κ2) is 64.6. The Morgan fingerprint density at radius 3 is 0.818 bits per heavy atom. The molecule has 0 heterocycles. The molecule has 0 amide bonds. The first-order valence-electron chi connectivity index (χ1n) is 32.4. The van der Waals surface area contributed by atoms with Gasteiger partial charge in [-0.1, -0.05) is 265 Å². The summed E-state index contributed by atoms with van der Waals surface area (Å²) in [7, 11) is 0. The number of rotatable bonds is 58. The maximum atomic E-state index is 12.9. The number of carbonyl (C=O) groups excluding carboxylic acids is 3. The Morgan fingerprint density at radius 2 is 0.506 bits per heavy atom. The summed E-state index contributed by atoms with van der Waals surface area (Å²) in [6.07, 6.45) is 88.0. The highest BCUT2D eigenvalue weighted by Crippen LogP contribution is 2.15. The summed E-state index contributed by atoms with van der Waals surface area (Å²) >= 11 is 0. The molecule has 0 rings (SSSR count). The van der Waals surface area contributed by atoms with Crippen molar-refractivity contribution < 1.29 is 28.6 Å². The lowest BCUT2D eigenvalue weighted by Crippen LogP contribution is -2.30. The summed E-state index contributed by atoms with van der Waals surface area (Å²) in [6, 6.07) is 0. The minimum Gasteiger partial charge on any atom is -0.462 e. The molecule has 0 N–H and O–H groups in total. The molecule has 0 aliphatic carbocycles. The van der Waals surface area contributed by atoms with E-state index in [2.05, 4.69) is 130 Å². The first-order valence-corrected chi connectivity index (χ1v) is 32.4. The molecule has 0 radical (unpaired) electrons. The van der Waals surface area contributed by atoms with Crippen LogP contribution in [0, 0.1) is 0 Å². The minimum atomic E-state index is -0.796.